The third-order valence-electron chi connectivity index (χ3n) is 5.27. The highest BCUT2D eigenvalue weighted by molar-refractivity contribution is 6.74. The van der Waals surface area contributed by atoms with Crippen molar-refractivity contribution in [3.05, 3.63) is 45.4 Å². The normalized spacial score (nSPS) is 24.3. The smallest absolute Gasteiger partial charge is 0.330 e. The molecule has 0 bridgehead atoms. The van der Waals surface area contributed by atoms with Crippen molar-refractivity contribution < 1.29 is 14.3 Å². The van der Waals surface area contributed by atoms with E-state index in [1.165, 1.54) is 16.8 Å². The van der Waals surface area contributed by atoms with Crippen LogP contribution in [0.15, 0.2) is 34.2 Å². The Hall–Kier alpha value is -1.64. The number of aromatic nitrogens is 2. The summed E-state index contributed by atoms with van der Waals surface area (Å²) in [4.78, 5) is 25.4. The molecule has 2 rings (SSSR count). The molecular formula is C17H28N2O5Si. The van der Waals surface area contributed by atoms with Crippen molar-refractivity contribution in [2.24, 2.45) is 0 Å². The van der Waals surface area contributed by atoms with Crippen molar-refractivity contribution in [1.82, 2.24) is 9.55 Å². The molecule has 0 aromatic carbocycles. The minimum Gasteiger partial charge on any atom is -0.545 e. The van der Waals surface area contributed by atoms with Gasteiger partial charge in [0.15, 0.2) is 0 Å². The Bertz CT molecular complexity index is 761. The van der Waals surface area contributed by atoms with Crippen LogP contribution in [0, 0.1) is 0 Å². The van der Waals surface area contributed by atoms with Gasteiger partial charge in [0.05, 0.1) is 6.61 Å². The predicted octanol–water partition coefficient (Wildman–Crippen LogP) is 2.11. The van der Waals surface area contributed by atoms with Crippen LogP contribution < -0.4 is 11.2 Å². The van der Waals surface area contributed by atoms with E-state index >= 15 is 0 Å². The van der Waals surface area contributed by atoms with Crippen LogP contribution in [0.1, 0.15) is 39.8 Å². The number of aromatic amines is 1. The van der Waals surface area contributed by atoms with Crippen molar-refractivity contribution in [2.75, 3.05) is 6.61 Å². The molecule has 1 aromatic rings. The molecule has 1 aromatic heterocycles. The minimum absolute atomic E-state index is 0.0134. The topological polar surface area (TPSA) is 93.5 Å². The molecule has 1 aliphatic rings. The van der Waals surface area contributed by atoms with E-state index in [1.807, 2.05) is 0 Å². The van der Waals surface area contributed by atoms with Crippen molar-refractivity contribution in [3.63, 3.8) is 0 Å². The first kappa shape index (κ1) is 19.7. The van der Waals surface area contributed by atoms with Gasteiger partial charge in [0.1, 0.15) is 17.6 Å². The number of hydrogen-bond donors (Lipinski definition) is 2. The van der Waals surface area contributed by atoms with Gasteiger partial charge in [0.25, 0.3) is 5.56 Å². The molecule has 0 spiro atoms. The van der Waals surface area contributed by atoms with Gasteiger partial charge in [-0.3, -0.25) is 14.3 Å². The predicted molar refractivity (Wildman–Crippen MR) is 97.9 cm³/mol. The first-order valence-electron chi connectivity index (χ1n) is 8.40. The number of nitrogens with zero attached hydrogens (tertiary/aromatic N) is 1. The molecular weight excluding hydrogens is 340 g/mol. The summed E-state index contributed by atoms with van der Waals surface area (Å²) in [6, 6.07) is 1.27. The zero-order valence-corrected chi connectivity index (χ0v) is 16.6. The van der Waals surface area contributed by atoms with E-state index in [2.05, 4.69) is 45.4 Å². The summed E-state index contributed by atoms with van der Waals surface area (Å²) in [5, 5.41) is 9.96. The molecule has 0 saturated carbocycles. The number of aliphatic hydroxyl groups excluding tert-OH is 1. The molecule has 2 heterocycles. The second kappa shape index (κ2) is 6.58. The molecule has 2 atom stereocenters. The second-order valence-electron chi connectivity index (χ2n) is 8.07. The molecule has 1 saturated heterocycles. The van der Waals surface area contributed by atoms with Crippen LogP contribution >= 0.6 is 0 Å². The van der Waals surface area contributed by atoms with E-state index in [1.54, 1.807) is 0 Å². The zero-order chi connectivity index (χ0) is 19.0. The Kier molecular flexibility index (Phi) is 5.18. The van der Waals surface area contributed by atoms with E-state index in [4.69, 9.17) is 9.16 Å². The van der Waals surface area contributed by atoms with Crippen LogP contribution in [0.5, 0.6) is 0 Å². The summed E-state index contributed by atoms with van der Waals surface area (Å²) in [6.45, 7) is 14.3. The maximum Gasteiger partial charge on any atom is 0.330 e. The van der Waals surface area contributed by atoms with Gasteiger partial charge in [0.2, 0.25) is 8.32 Å². The van der Waals surface area contributed by atoms with Crippen LogP contribution in [0.25, 0.3) is 0 Å². The molecule has 1 aliphatic heterocycles. The summed E-state index contributed by atoms with van der Waals surface area (Å²) in [7, 11) is -2.13. The Morgan fingerprint density at radius 2 is 2.16 bits per heavy atom. The molecule has 0 unspecified atom stereocenters. The maximum absolute atomic E-state index is 12.0. The number of hydrogen-bond acceptors (Lipinski definition) is 5. The molecule has 2 N–H and O–H groups in total. The van der Waals surface area contributed by atoms with Crippen LogP contribution in [-0.4, -0.2) is 35.2 Å². The number of nitrogens with one attached hydrogen (secondary N) is 1. The van der Waals surface area contributed by atoms with E-state index < -0.39 is 31.4 Å². The summed E-state index contributed by atoms with van der Waals surface area (Å²) in [5.41, 5.74) is -2.05. The largest absolute Gasteiger partial charge is 0.545 e. The fourth-order valence-corrected chi connectivity index (χ4v) is 3.66. The zero-order valence-electron chi connectivity index (χ0n) is 15.6. The molecule has 7 nitrogen and oxygen atoms in total. The van der Waals surface area contributed by atoms with Gasteiger partial charge in [-0.05, 0) is 31.0 Å². The van der Waals surface area contributed by atoms with Gasteiger partial charge in [-0.15, -0.1) is 0 Å². The summed E-state index contributed by atoms with van der Waals surface area (Å²) in [6.07, 6.45) is 1.80. The number of aliphatic hydroxyl groups is 1. The lowest BCUT2D eigenvalue weighted by Gasteiger charge is -2.41. The van der Waals surface area contributed by atoms with E-state index in [0.717, 1.165) is 0 Å². The van der Waals surface area contributed by atoms with Crippen LogP contribution in [-0.2, 0) is 9.16 Å². The van der Waals surface area contributed by atoms with Gasteiger partial charge in [-0.1, -0.05) is 27.4 Å². The third kappa shape index (κ3) is 3.80. The molecule has 25 heavy (non-hydrogen) atoms. The summed E-state index contributed by atoms with van der Waals surface area (Å²) >= 11 is 0. The highest BCUT2D eigenvalue weighted by Crippen LogP contribution is 2.44. The molecule has 0 amide bonds. The molecule has 140 valence electrons. The highest BCUT2D eigenvalue weighted by atomic mass is 28.4. The fraction of sp³-hybridized carbons (Fsp3) is 0.647. The van der Waals surface area contributed by atoms with Crippen molar-refractivity contribution in [1.29, 1.82) is 0 Å². The molecule has 8 heteroatoms. The minimum atomic E-state index is -2.13. The summed E-state index contributed by atoms with van der Waals surface area (Å²) in [5.74, 6) is 0.404. The first-order valence-corrected chi connectivity index (χ1v) is 11.3. The molecule has 0 radical (unpaired) electrons. The van der Waals surface area contributed by atoms with Crippen LogP contribution in [0.4, 0.5) is 0 Å². The molecule has 0 aliphatic carbocycles. The number of rotatable bonds is 5. The Balaban J connectivity index is 2.23. The monoisotopic (exact) mass is 368 g/mol. The standard InChI is InChI=1S/C17H28N2O5Si/c1-12(24-25(5,6)16(2,3)4)17(11-20)9-7-14(23-17)19-10-8-13(21)18-15(19)22/h8,10,14,20H,1,7,9,11H2,2-6H3,(H,18,21,22)/t14-,17+/m1/s1. The summed E-state index contributed by atoms with van der Waals surface area (Å²) < 4.78 is 13.6. The van der Waals surface area contributed by atoms with Crippen molar-refractivity contribution in [3.8, 4) is 0 Å². The van der Waals surface area contributed by atoms with Crippen molar-refractivity contribution >= 4 is 8.32 Å². The lowest BCUT2D eigenvalue weighted by molar-refractivity contribution is -0.0934. The van der Waals surface area contributed by atoms with Gasteiger partial charge in [-0.25, -0.2) is 4.79 Å². The average molecular weight is 369 g/mol. The van der Waals surface area contributed by atoms with Gasteiger partial charge in [-0.2, -0.15) is 0 Å². The van der Waals surface area contributed by atoms with E-state index in [0.29, 0.717) is 18.6 Å². The molecule has 1 fully saturated rings. The Morgan fingerprint density at radius 3 is 2.68 bits per heavy atom. The maximum atomic E-state index is 12.0. The van der Waals surface area contributed by atoms with Crippen LogP contribution in [0.2, 0.25) is 18.1 Å². The van der Waals surface area contributed by atoms with E-state index in [9.17, 15) is 14.7 Å². The number of H-pyrrole nitrogens is 1. The van der Waals surface area contributed by atoms with Crippen molar-refractivity contribution in [2.45, 2.75) is 63.6 Å². The fourth-order valence-electron chi connectivity index (χ4n) is 2.55. The van der Waals surface area contributed by atoms with Crippen LogP contribution in [0.3, 0.4) is 0 Å². The van der Waals surface area contributed by atoms with Gasteiger partial charge in [0, 0.05) is 12.3 Å². The lowest BCUT2D eigenvalue weighted by Crippen LogP contribution is -2.46. The first-order chi connectivity index (χ1) is 11.4. The average Bonchev–Trinajstić information content (AvgIpc) is 2.91. The Labute approximate surface area is 148 Å². The SMILES string of the molecule is C=C(O[Si](C)(C)C(C)(C)C)[C@@]1(CO)CC[C@H](n2ccc(=O)[nH]c2=O)O1. The van der Waals surface area contributed by atoms with Gasteiger partial charge < -0.3 is 14.3 Å². The third-order valence-corrected chi connectivity index (χ3v) is 9.64. The van der Waals surface area contributed by atoms with E-state index in [-0.39, 0.29) is 11.6 Å². The second-order valence-corrected chi connectivity index (χ2v) is 12.8. The van der Waals surface area contributed by atoms with Gasteiger partial charge >= 0.3 is 5.69 Å². The number of ether oxygens (including phenoxy) is 1. The lowest BCUT2D eigenvalue weighted by atomic mass is 9.99. The highest BCUT2D eigenvalue weighted by Gasteiger charge is 2.48. The quantitative estimate of drug-likeness (QED) is 0.613. The Morgan fingerprint density at radius 1 is 1.52 bits per heavy atom.